The van der Waals surface area contributed by atoms with E-state index >= 15 is 4.39 Å². The van der Waals surface area contributed by atoms with Crippen LogP contribution in [0.2, 0.25) is 10.0 Å². The van der Waals surface area contributed by atoms with E-state index in [-0.39, 0.29) is 22.9 Å². The molecule has 2 aliphatic heterocycles. The van der Waals surface area contributed by atoms with Gasteiger partial charge in [0.2, 0.25) is 6.04 Å². The minimum atomic E-state index is -1.58. The first-order chi connectivity index (χ1) is 15.8. The third kappa shape index (κ3) is 3.26. The summed E-state index contributed by atoms with van der Waals surface area (Å²) in [6.45, 7) is 0.386. The lowest BCUT2D eigenvalue weighted by molar-refractivity contribution is -0.528. The number of hydrogen-bond acceptors (Lipinski definition) is 5. The number of carbonyl (C=O) groups is 2. The first kappa shape index (κ1) is 22.3. The number of fused-ring (bicyclic) bond motifs is 2. The molecule has 3 aliphatic rings. The maximum absolute atomic E-state index is 15.4. The molecule has 1 spiro atoms. The standard InChI is InChI=1S/C23H20Cl2FN3O4/c24-13-6-7-15-17(10-13)27-22(31)23(15)19(14-2-1-3-16(25)20(14)26)21(29(32)33)18(8-9-30)28(23)11-12-4-5-12/h1-3,6-7,9-10,12,18-19,21H,4-5,8,11H2,(H,27,31)/t18-,19-,21+,23+/m0/s1. The Morgan fingerprint density at radius 1 is 1.27 bits per heavy atom. The highest BCUT2D eigenvalue weighted by atomic mass is 35.5. The first-order valence-electron chi connectivity index (χ1n) is 10.7. The van der Waals surface area contributed by atoms with E-state index in [1.807, 2.05) is 0 Å². The molecule has 4 atom stereocenters. The quantitative estimate of drug-likeness (QED) is 0.367. The van der Waals surface area contributed by atoms with Gasteiger partial charge in [-0.3, -0.25) is 19.8 Å². The number of benzene rings is 2. The Morgan fingerprint density at radius 3 is 2.70 bits per heavy atom. The van der Waals surface area contributed by atoms with E-state index in [0.29, 0.717) is 29.1 Å². The molecule has 0 aromatic heterocycles. The molecule has 1 amide bonds. The fourth-order valence-corrected chi connectivity index (χ4v) is 5.99. The van der Waals surface area contributed by atoms with E-state index in [1.165, 1.54) is 18.2 Å². The van der Waals surface area contributed by atoms with Gasteiger partial charge in [-0.05, 0) is 37.0 Å². The molecular weight excluding hydrogens is 472 g/mol. The van der Waals surface area contributed by atoms with Crippen LogP contribution in [0.1, 0.15) is 36.3 Å². The number of amides is 1. The molecule has 1 aliphatic carbocycles. The maximum Gasteiger partial charge on any atom is 0.250 e. The molecule has 0 radical (unpaired) electrons. The van der Waals surface area contributed by atoms with Crippen LogP contribution >= 0.6 is 23.2 Å². The van der Waals surface area contributed by atoms with Gasteiger partial charge in [0.05, 0.1) is 17.0 Å². The zero-order valence-corrected chi connectivity index (χ0v) is 18.9. The third-order valence-electron chi connectivity index (χ3n) is 7.08. The van der Waals surface area contributed by atoms with Crippen molar-refractivity contribution in [2.24, 2.45) is 5.92 Å². The Balaban J connectivity index is 1.84. The van der Waals surface area contributed by atoms with E-state index in [1.54, 1.807) is 23.1 Å². The van der Waals surface area contributed by atoms with E-state index in [9.17, 15) is 19.7 Å². The lowest BCUT2D eigenvalue weighted by Gasteiger charge is -2.38. The van der Waals surface area contributed by atoms with Crippen LogP contribution in [0, 0.1) is 21.8 Å². The number of likely N-dealkylation sites (tertiary alicyclic amines) is 1. The van der Waals surface area contributed by atoms with Gasteiger partial charge in [-0.25, -0.2) is 4.39 Å². The summed E-state index contributed by atoms with van der Waals surface area (Å²) in [7, 11) is 0. The molecule has 5 rings (SSSR count). The van der Waals surface area contributed by atoms with Crippen molar-refractivity contribution in [3.63, 3.8) is 0 Å². The summed E-state index contributed by atoms with van der Waals surface area (Å²) in [5.41, 5.74) is -0.687. The number of carbonyl (C=O) groups excluding carboxylic acids is 2. The molecule has 172 valence electrons. The van der Waals surface area contributed by atoms with Crippen LogP contribution in [0.3, 0.4) is 0 Å². The molecule has 33 heavy (non-hydrogen) atoms. The van der Waals surface area contributed by atoms with Crippen molar-refractivity contribution in [2.45, 2.75) is 42.8 Å². The highest BCUT2D eigenvalue weighted by molar-refractivity contribution is 6.31. The highest BCUT2D eigenvalue weighted by Crippen LogP contribution is 2.59. The van der Waals surface area contributed by atoms with E-state index < -0.39 is 40.2 Å². The lowest BCUT2D eigenvalue weighted by atomic mass is 9.73. The fraction of sp³-hybridized carbons (Fsp3) is 0.391. The van der Waals surface area contributed by atoms with E-state index in [4.69, 9.17) is 23.2 Å². The summed E-state index contributed by atoms with van der Waals surface area (Å²) in [6.07, 6.45) is 2.32. The molecule has 0 bridgehead atoms. The maximum atomic E-state index is 15.4. The summed E-state index contributed by atoms with van der Waals surface area (Å²) in [4.78, 5) is 39.2. The molecule has 2 aromatic rings. The minimum Gasteiger partial charge on any atom is -0.324 e. The van der Waals surface area contributed by atoms with Gasteiger partial charge in [-0.1, -0.05) is 41.4 Å². The average Bonchev–Trinajstić information content (AvgIpc) is 3.48. The van der Waals surface area contributed by atoms with Gasteiger partial charge in [0.25, 0.3) is 5.91 Å². The molecule has 1 saturated heterocycles. The number of aldehydes is 1. The number of nitrogens with one attached hydrogen (secondary N) is 1. The summed E-state index contributed by atoms with van der Waals surface area (Å²) in [6, 6.07) is 6.85. The normalized spacial score (nSPS) is 28.7. The average molecular weight is 492 g/mol. The Kier molecular flexibility index (Phi) is 5.42. The highest BCUT2D eigenvalue weighted by Gasteiger charge is 2.71. The SMILES string of the molecule is O=CC[C@H]1[C@@H]([N+](=O)[O-])[C@H](c2cccc(Cl)c2F)[C@]2(C(=O)Nc3cc(Cl)ccc32)N1CC1CC1. The topological polar surface area (TPSA) is 92.5 Å². The molecule has 7 nitrogen and oxygen atoms in total. The molecule has 1 saturated carbocycles. The third-order valence-corrected chi connectivity index (χ3v) is 7.60. The van der Waals surface area contributed by atoms with Crippen molar-refractivity contribution < 1.29 is 18.9 Å². The first-order valence-corrected chi connectivity index (χ1v) is 11.5. The fourth-order valence-electron chi connectivity index (χ4n) is 5.64. The molecule has 2 aromatic carbocycles. The van der Waals surface area contributed by atoms with Gasteiger partial charge >= 0.3 is 0 Å². The zero-order chi connectivity index (χ0) is 23.5. The minimum absolute atomic E-state index is 0.0173. The number of nitro groups is 1. The lowest BCUT2D eigenvalue weighted by Crippen LogP contribution is -2.52. The summed E-state index contributed by atoms with van der Waals surface area (Å²) < 4.78 is 15.4. The van der Waals surface area contributed by atoms with E-state index in [2.05, 4.69) is 5.32 Å². The predicted molar refractivity (Wildman–Crippen MR) is 121 cm³/mol. The van der Waals surface area contributed by atoms with Crippen molar-refractivity contribution in [2.75, 3.05) is 11.9 Å². The van der Waals surface area contributed by atoms with Crippen molar-refractivity contribution in [3.05, 3.63) is 73.5 Å². The van der Waals surface area contributed by atoms with Crippen molar-refractivity contribution in [3.8, 4) is 0 Å². The molecule has 2 heterocycles. The largest absolute Gasteiger partial charge is 0.324 e. The van der Waals surface area contributed by atoms with Crippen LogP contribution in [0.4, 0.5) is 10.1 Å². The second-order valence-electron chi connectivity index (χ2n) is 8.87. The Bertz CT molecular complexity index is 1170. The summed E-state index contributed by atoms with van der Waals surface area (Å²) in [5.74, 6) is -2.26. The number of anilines is 1. The van der Waals surface area contributed by atoms with Gasteiger partial charge in [0.15, 0.2) is 0 Å². The van der Waals surface area contributed by atoms with Crippen molar-refractivity contribution >= 4 is 41.1 Å². The molecule has 0 unspecified atom stereocenters. The number of hydrogen-bond donors (Lipinski definition) is 1. The summed E-state index contributed by atoms with van der Waals surface area (Å²) >= 11 is 12.2. The van der Waals surface area contributed by atoms with Crippen molar-refractivity contribution in [1.29, 1.82) is 0 Å². The Hall–Kier alpha value is -2.55. The zero-order valence-electron chi connectivity index (χ0n) is 17.3. The number of halogens is 3. The Labute approximate surface area is 199 Å². The van der Waals surface area contributed by atoms with Gasteiger partial charge < -0.3 is 10.1 Å². The molecule has 2 fully saturated rings. The van der Waals surface area contributed by atoms with Crippen LogP contribution < -0.4 is 5.32 Å². The predicted octanol–water partition coefficient (Wildman–Crippen LogP) is 4.39. The molecule has 10 heteroatoms. The Morgan fingerprint density at radius 2 is 2.03 bits per heavy atom. The number of nitrogens with zero attached hydrogens (tertiary/aromatic N) is 2. The van der Waals surface area contributed by atoms with Gasteiger partial charge in [-0.15, -0.1) is 0 Å². The van der Waals surface area contributed by atoms with Gasteiger partial charge in [0.1, 0.15) is 17.6 Å². The van der Waals surface area contributed by atoms with Crippen LogP contribution in [-0.2, 0) is 15.1 Å². The molecule has 1 N–H and O–H groups in total. The second kappa shape index (κ2) is 8.04. The van der Waals surface area contributed by atoms with Crippen LogP contribution in [0.5, 0.6) is 0 Å². The smallest absolute Gasteiger partial charge is 0.250 e. The monoisotopic (exact) mass is 491 g/mol. The summed E-state index contributed by atoms with van der Waals surface area (Å²) in [5, 5.41) is 15.5. The molecular formula is C23H20Cl2FN3O4. The van der Waals surface area contributed by atoms with Crippen LogP contribution in [0.15, 0.2) is 36.4 Å². The number of rotatable bonds is 6. The second-order valence-corrected chi connectivity index (χ2v) is 9.72. The van der Waals surface area contributed by atoms with E-state index in [0.717, 1.165) is 12.8 Å². The van der Waals surface area contributed by atoms with Crippen LogP contribution in [0.25, 0.3) is 0 Å². The van der Waals surface area contributed by atoms with Crippen molar-refractivity contribution in [1.82, 2.24) is 4.90 Å². The van der Waals surface area contributed by atoms with Gasteiger partial charge in [0, 0.05) is 39.7 Å². The van der Waals surface area contributed by atoms with Crippen LogP contribution in [-0.4, -0.2) is 40.6 Å². The van der Waals surface area contributed by atoms with Gasteiger partial charge in [-0.2, -0.15) is 0 Å².